The van der Waals surface area contributed by atoms with Crippen molar-refractivity contribution in [2.24, 2.45) is 10.8 Å². The van der Waals surface area contributed by atoms with Gasteiger partial charge in [0, 0.05) is 10.9 Å². The summed E-state index contributed by atoms with van der Waals surface area (Å²) in [6.07, 6.45) is 2.09. The number of nitrogens with zero attached hydrogens (tertiary/aromatic N) is 3. The number of benzene rings is 2. The Morgan fingerprint density at radius 2 is 2.13 bits per heavy atom. The third kappa shape index (κ3) is 4.81. The highest BCUT2D eigenvalue weighted by molar-refractivity contribution is 14.1. The highest BCUT2D eigenvalue weighted by atomic mass is 127. The maximum atomic E-state index is 13.0. The van der Waals surface area contributed by atoms with Gasteiger partial charge in [-0.3, -0.25) is 9.59 Å². The summed E-state index contributed by atoms with van der Waals surface area (Å²) in [7, 11) is 1.49. The Morgan fingerprint density at radius 1 is 1.37 bits per heavy atom. The SMILES string of the molecule is CCc1nc2ccc(Br)cc2c(=O)n1N=Cc1cc(I)c(OCC(N)=O)c(OC)c1. The number of hydrogen-bond donors (Lipinski definition) is 1. The van der Waals surface area contributed by atoms with E-state index in [1.54, 1.807) is 30.5 Å². The van der Waals surface area contributed by atoms with Crippen molar-refractivity contribution in [1.29, 1.82) is 0 Å². The molecule has 0 aliphatic carbocycles. The second kappa shape index (κ2) is 9.56. The molecule has 0 bridgehead atoms. The zero-order valence-electron chi connectivity index (χ0n) is 16.2. The molecule has 0 spiro atoms. The number of ether oxygens (including phenoxy) is 2. The summed E-state index contributed by atoms with van der Waals surface area (Å²) in [4.78, 5) is 28.5. The summed E-state index contributed by atoms with van der Waals surface area (Å²) in [5.74, 6) is 0.806. The lowest BCUT2D eigenvalue weighted by molar-refractivity contribution is -0.119. The predicted octanol–water partition coefficient (Wildman–Crippen LogP) is 3.08. The van der Waals surface area contributed by atoms with Crippen LogP contribution in [-0.4, -0.2) is 35.5 Å². The first-order chi connectivity index (χ1) is 14.3. The average molecular weight is 585 g/mol. The summed E-state index contributed by atoms with van der Waals surface area (Å²) < 4.78 is 13.6. The smallest absolute Gasteiger partial charge is 0.282 e. The first-order valence-corrected chi connectivity index (χ1v) is 10.8. The van der Waals surface area contributed by atoms with Gasteiger partial charge in [0.1, 0.15) is 5.82 Å². The minimum Gasteiger partial charge on any atom is -0.493 e. The monoisotopic (exact) mass is 584 g/mol. The third-order valence-corrected chi connectivity index (χ3v) is 5.42. The Hall–Kier alpha value is -2.47. The molecule has 0 unspecified atom stereocenters. The predicted molar refractivity (Wildman–Crippen MR) is 126 cm³/mol. The Kier molecular flexibility index (Phi) is 7.08. The molecule has 2 aromatic carbocycles. The maximum absolute atomic E-state index is 13.0. The fourth-order valence-electron chi connectivity index (χ4n) is 2.76. The average Bonchev–Trinajstić information content (AvgIpc) is 2.71. The van der Waals surface area contributed by atoms with Crippen molar-refractivity contribution in [2.75, 3.05) is 13.7 Å². The molecule has 0 atom stereocenters. The van der Waals surface area contributed by atoms with Crippen molar-refractivity contribution in [3.8, 4) is 11.5 Å². The van der Waals surface area contributed by atoms with Gasteiger partial charge in [-0.1, -0.05) is 22.9 Å². The van der Waals surface area contributed by atoms with Gasteiger partial charge >= 0.3 is 0 Å². The zero-order valence-corrected chi connectivity index (χ0v) is 19.9. The minimum absolute atomic E-state index is 0.252. The van der Waals surface area contributed by atoms with Gasteiger partial charge in [0.05, 0.1) is 27.8 Å². The van der Waals surface area contributed by atoms with Gasteiger partial charge in [-0.25, -0.2) is 4.98 Å². The molecule has 1 heterocycles. The Balaban J connectivity index is 2.04. The fraction of sp³-hybridized carbons (Fsp3) is 0.200. The van der Waals surface area contributed by atoms with Gasteiger partial charge < -0.3 is 15.2 Å². The van der Waals surface area contributed by atoms with Crippen molar-refractivity contribution >= 4 is 61.5 Å². The number of aromatic nitrogens is 2. The van der Waals surface area contributed by atoms with Crippen LogP contribution in [0.15, 0.2) is 44.7 Å². The van der Waals surface area contributed by atoms with E-state index in [-0.39, 0.29) is 12.2 Å². The van der Waals surface area contributed by atoms with Crippen LogP contribution in [0.3, 0.4) is 0 Å². The molecule has 3 aromatic rings. The van der Waals surface area contributed by atoms with Crippen molar-refractivity contribution in [3.05, 3.63) is 60.1 Å². The molecule has 0 radical (unpaired) electrons. The molecular formula is C20H18BrIN4O4. The number of methoxy groups -OCH3 is 1. The molecular weight excluding hydrogens is 567 g/mol. The van der Waals surface area contributed by atoms with E-state index in [0.29, 0.717) is 43.8 Å². The van der Waals surface area contributed by atoms with E-state index in [2.05, 4.69) is 48.6 Å². The molecule has 30 heavy (non-hydrogen) atoms. The van der Waals surface area contributed by atoms with Crippen LogP contribution < -0.4 is 20.8 Å². The number of aryl methyl sites for hydroxylation is 1. The summed E-state index contributed by atoms with van der Waals surface area (Å²) in [5.41, 5.74) is 6.20. The number of carbonyl (C=O) groups excluding carboxylic acids is 1. The van der Waals surface area contributed by atoms with Crippen molar-refractivity contribution < 1.29 is 14.3 Å². The highest BCUT2D eigenvalue weighted by Gasteiger charge is 2.13. The standard InChI is InChI=1S/C20H18BrIN4O4/c1-3-18-25-15-5-4-12(21)8-13(15)20(28)26(18)24-9-11-6-14(22)19(16(7-11)29-2)30-10-17(23)27/h4-9H,3,10H2,1-2H3,(H2,23,27). The van der Waals surface area contributed by atoms with Gasteiger partial charge in [0.15, 0.2) is 18.1 Å². The van der Waals surface area contributed by atoms with E-state index in [1.165, 1.54) is 11.8 Å². The second-order valence-electron chi connectivity index (χ2n) is 6.19. The Bertz CT molecular complexity index is 1210. The Labute approximate surface area is 194 Å². The summed E-state index contributed by atoms with van der Waals surface area (Å²) >= 11 is 5.45. The van der Waals surface area contributed by atoms with Crippen LogP contribution in [0.1, 0.15) is 18.3 Å². The normalized spacial score (nSPS) is 11.2. The zero-order chi connectivity index (χ0) is 21.8. The van der Waals surface area contributed by atoms with E-state index in [4.69, 9.17) is 15.2 Å². The van der Waals surface area contributed by atoms with Crippen LogP contribution in [0.5, 0.6) is 11.5 Å². The first-order valence-electron chi connectivity index (χ1n) is 8.88. The van der Waals surface area contributed by atoms with E-state index in [0.717, 1.165) is 4.47 Å². The molecule has 0 aliphatic heterocycles. The maximum Gasteiger partial charge on any atom is 0.282 e. The molecule has 2 N–H and O–H groups in total. The number of amides is 1. The molecule has 10 heteroatoms. The van der Waals surface area contributed by atoms with Gasteiger partial charge in [-0.15, -0.1) is 0 Å². The number of carbonyl (C=O) groups is 1. The molecule has 3 rings (SSSR count). The molecule has 0 saturated heterocycles. The van der Waals surface area contributed by atoms with Gasteiger partial charge in [0.2, 0.25) is 0 Å². The number of halogens is 2. The van der Waals surface area contributed by atoms with E-state index >= 15 is 0 Å². The number of fused-ring (bicyclic) bond motifs is 1. The van der Waals surface area contributed by atoms with Crippen LogP contribution in [0.2, 0.25) is 0 Å². The second-order valence-corrected chi connectivity index (χ2v) is 8.27. The first kappa shape index (κ1) is 22.2. The van der Waals surface area contributed by atoms with E-state index in [1.807, 2.05) is 13.0 Å². The van der Waals surface area contributed by atoms with Crippen molar-refractivity contribution in [3.63, 3.8) is 0 Å². The molecule has 156 valence electrons. The van der Waals surface area contributed by atoms with Crippen molar-refractivity contribution in [2.45, 2.75) is 13.3 Å². The quantitative estimate of drug-likeness (QED) is 0.339. The van der Waals surface area contributed by atoms with Crippen LogP contribution in [-0.2, 0) is 11.2 Å². The summed E-state index contributed by atoms with van der Waals surface area (Å²) in [5, 5.41) is 4.85. The Morgan fingerprint density at radius 3 is 2.80 bits per heavy atom. The van der Waals surface area contributed by atoms with E-state index in [9.17, 15) is 9.59 Å². The number of primary amides is 1. The molecule has 1 aromatic heterocycles. The topological polar surface area (TPSA) is 109 Å². The summed E-state index contributed by atoms with van der Waals surface area (Å²) in [6, 6.07) is 8.87. The van der Waals surface area contributed by atoms with Crippen LogP contribution in [0.25, 0.3) is 10.9 Å². The number of nitrogens with two attached hydrogens (primary N) is 1. The van der Waals surface area contributed by atoms with E-state index < -0.39 is 5.91 Å². The molecule has 0 aliphatic rings. The third-order valence-electron chi connectivity index (χ3n) is 4.12. The summed E-state index contributed by atoms with van der Waals surface area (Å²) in [6.45, 7) is 1.66. The van der Waals surface area contributed by atoms with Crippen LogP contribution >= 0.6 is 38.5 Å². The molecule has 0 saturated carbocycles. The van der Waals surface area contributed by atoms with Gasteiger partial charge in [-0.2, -0.15) is 9.78 Å². The largest absolute Gasteiger partial charge is 0.493 e. The molecule has 1 amide bonds. The molecule has 8 nitrogen and oxygen atoms in total. The number of hydrogen-bond acceptors (Lipinski definition) is 6. The lowest BCUT2D eigenvalue weighted by Gasteiger charge is -2.12. The lowest BCUT2D eigenvalue weighted by atomic mass is 10.2. The van der Waals surface area contributed by atoms with Crippen molar-refractivity contribution in [1.82, 2.24) is 9.66 Å². The lowest BCUT2D eigenvalue weighted by Crippen LogP contribution is -2.22. The van der Waals surface area contributed by atoms with Crippen LogP contribution in [0, 0.1) is 3.57 Å². The fourth-order valence-corrected chi connectivity index (χ4v) is 3.91. The highest BCUT2D eigenvalue weighted by Crippen LogP contribution is 2.33. The number of rotatable bonds is 7. The minimum atomic E-state index is -0.583. The van der Waals surface area contributed by atoms with Crippen LogP contribution in [0.4, 0.5) is 0 Å². The van der Waals surface area contributed by atoms with Gasteiger partial charge in [-0.05, 0) is 58.5 Å². The molecule has 0 fully saturated rings. The van der Waals surface area contributed by atoms with Gasteiger partial charge in [0.25, 0.3) is 11.5 Å².